The Morgan fingerprint density at radius 3 is 2.67 bits per heavy atom. The molecule has 1 fully saturated rings. The maximum atomic E-state index is 12.2. The van der Waals surface area contributed by atoms with Crippen LogP contribution in [0.5, 0.6) is 0 Å². The first-order valence-corrected chi connectivity index (χ1v) is 7.18. The summed E-state index contributed by atoms with van der Waals surface area (Å²) in [5.41, 5.74) is 2.24. The first kappa shape index (κ1) is 15.0. The molecule has 2 amide bonds. The van der Waals surface area contributed by atoms with Crippen LogP contribution in [0.15, 0.2) is 18.2 Å². The highest BCUT2D eigenvalue weighted by Gasteiger charge is 2.23. The summed E-state index contributed by atoms with van der Waals surface area (Å²) in [6.07, 6.45) is 3.94. The van der Waals surface area contributed by atoms with Gasteiger partial charge in [0.15, 0.2) is 0 Å². The minimum absolute atomic E-state index is 0.0519. The lowest BCUT2D eigenvalue weighted by molar-refractivity contribution is -0.119. The van der Waals surface area contributed by atoms with Crippen LogP contribution in [-0.2, 0) is 9.59 Å². The van der Waals surface area contributed by atoms with Crippen molar-refractivity contribution in [1.82, 2.24) is 0 Å². The third-order valence-electron chi connectivity index (χ3n) is 3.74. The molecule has 0 radical (unpaired) electrons. The van der Waals surface area contributed by atoms with Crippen LogP contribution < -0.4 is 10.6 Å². The van der Waals surface area contributed by atoms with Crippen molar-refractivity contribution in [2.75, 3.05) is 10.6 Å². The summed E-state index contributed by atoms with van der Waals surface area (Å²) in [6.45, 7) is 1.91. The van der Waals surface area contributed by atoms with E-state index in [4.69, 9.17) is 5.26 Å². The quantitative estimate of drug-likeness (QED) is 0.892. The average molecular weight is 285 g/mol. The van der Waals surface area contributed by atoms with E-state index < -0.39 is 0 Å². The van der Waals surface area contributed by atoms with E-state index in [2.05, 4.69) is 10.6 Å². The molecule has 0 aromatic heterocycles. The van der Waals surface area contributed by atoms with Crippen LogP contribution in [0.25, 0.3) is 0 Å². The van der Waals surface area contributed by atoms with Gasteiger partial charge in [0.25, 0.3) is 0 Å². The van der Waals surface area contributed by atoms with E-state index >= 15 is 0 Å². The molecule has 0 unspecified atom stereocenters. The van der Waals surface area contributed by atoms with Gasteiger partial charge in [-0.05, 0) is 37.5 Å². The molecular formula is C16H19N3O2. The van der Waals surface area contributed by atoms with Crippen LogP contribution in [0.2, 0.25) is 0 Å². The number of nitrogens with zero attached hydrogens (tertiary/aromatic N) is 1. The Hall–Kier alpha value is -2.35. The van der Waals surface area contributed by atoms with Crippen LogP contribution in [-0.4, -0.2) is 11.8 Å². The van der Waals surface area contributed by atoms with Gasteiger partial charge in [-0.25, -0.2) is 0 Å². The largest absolute Gasteiger partial charge is 0.326 e. The molecular weight excluding hydrogens is 266 g/mol. The number of hydrogen-bond acceptors (Lipinski definition) is 3. The summed E-state index contributed by atoms with van der Waals surface area (Å²) in [7, 11) is 0. The summed E-state index contributed by atoms with van der Waals surface area (Å²) < 4.78 is 0. The predicted molar refractivity (Wildman–Crippen MR) is 80.6 cm³/mol. The Morgan fingerprint density at radius 1 is 1.29 bits per heavy atom. The summed E-state index contributed by atoms with van der Waals surface area (Å²) in [5.74, 6) is -0.202. The Bertz CT molecular complexity index is 584. The number of anilines is 2. The van der Waals surface area contributed by atoms with E-state index in [9.17, 15) is 9.59 Å². The van der Waals surface area contributed by atoms with Gasteiger partial charge in [0.05, 0.1) is 6.07 Å². The lowest BCUT2D eigenvalue weighted by Crippen LogP contribution is -2.21. The fraction of sp³-hybridized carbons (Fsp3) is 0.438. The monoisotopic (exact) mass is 285 g/mol. The van der Waals surface area contributed by atoms with Gasteiger partial charge in [0, 0.05) is 17.3 Å². The summed E-state index contributed by atoms with van der Waals surface area (Å²) in [6, 6.07) is 7.13. The van der Waals surface area contributed by atoms with Crippen molar-refractivity contribution >= 4 is 23.2 Å². The molecule has 110 valence electrons. The second-order valence-corrected chi connectivity index (χ2v) is 5.38. The number of carbonyl (C=O) groups is 2. The van der Waals surface area contributed by atoms with Gasteiger partial charge >= 0.3 is 0 Å². The average Bonchev–Trinajstić information content (AvgIpc) is 2.97. The number of rotatable bonds is 4. The lowest BCUT2D eigenvalue weighted by atomic mass is 10.1. The molecule has 0 saturated heterocycles. The van der Waals surface area contributed by atoms with Crippen LogP contribution >= 0.6 is 0 Å². The highest BCUT2D eigenvalue weighted by Crippen LogP contribution is 2.27. The molecule has 0 aliphatic heterocycles. The van der Waals surface area contributed by atoms with E-state index in [1.54, 1.807) is 18.2 Å². The highest BCUT2D eigenvalue weighted by molar-refractivity contribution is 5.96. The minimum atomic E-state index is -0.352. The molecule has 5 heteroatoms. The first-order valence-electron chi connectivity index (χ1n) is 7.18. The molecule has 1 aromatic rings. The zero-order valence-electron chi connectivity index (χ0n) is 12.1. The smallest absolute Gasteiger partial charge is 0.238 e. The Morgan fingerprint density at radius 2 is 2.00 bits per heavy atom. The molecule has 0 bridgehead atoms. The Labute approximate surface area is 124 Å². The highest BCUT2D eigenvalue weighted by atomic mass is 16.2. The van der Waals surface area contributed by atoms with Crippen molar-refractivity contribution in [3.8, 4) is 6.07 Å². The zero-order valence-corrected chi connectivity index (χ0v) is 12.1. The van der Waals surface area contributed by atoms with Crippen molar-refractivity contribution < 1.29 is 9.59 Å². The summed E-state index contributed by atoms with van der Waals surface area (Å²) in [4.78, 5) is 23.6. The molecule has 0 spiro atoms. The van der Waals surface area contributed by atoms with Gasteiger partial charge in [-0.3, -0.25) is 9.59 Å². The number of carbonyl (C=O) groups excluding carboxylic acids is 2. The van der Waals surface area contributed by atoms with E-state index in [0.29, 0.717) is 11.4 Å². The molecule has 2 N–H and O–H groups in total. The van der Waals surface area contributed by atoms with Crippen molar-refractivity contribution in [1.29, 1.82) is 5.26 Å². The maximum absolute atomic E-state index is 12.2. The number of nitriles is 1. The van der Waals surface area contributed by atoms with E-state index in [1.165, 1.54) is 0 Å². The number of aryl methyl sites for hydroxylation is 1. The van der Waals surface area contributed by atoms with Gasteiger partial charge in [0.2, 0.25) is 11.8 Å². The molecule has 1 aliphatic carbocycles. The van der Waals surface area contributed by atoms with E-state index in [1.807, 2.05) is 13.0 Å². The molecule has 21 heavy (non-hydrogen) atoms. The van der Waals surface area contributed by atoms with Crippen molar-refractivity contribution in [2.45, 2.75) is 39.0 Å². The van der Waals surface area contributed by atoms with Gasteiger partial charge < -0.3 is 10.6 Å². The molecule has 1 aromatic carbocycles. The number of amides is 2. The lowest BCUT2D eigenvalue weighted by Gasteiger charge is -2.14. The number of nitrogens with one attached hydrogen (secondary N) is 2. The fourth-order valence-corrected chi connectivity index (χ4v) is 2.53. The van der Waals surface area contributed by atoms with Gasteiger partial charge in [-0.15, -0.1) is 0 Å². The third-order valence-corrected chi connectivity index (χ3v) is 3.74. The van der Waals surface area contributed by atoms with Crippen LogP contribution in [0.4, 0.5) is 11.4 Å². The minimum Gasteiger partial charge on any atom is -0.326 e. The predicted octanol–water partition coefficient (Wildman–Crippen LogP) is 2.98. The van der Waals surface area contributed by atoms with Gasteiger partial charge in [-0.1, -0.05) is 18.9 Å². The standard InChI is InChI=1S/C16H19N3O2/c1-11-6-7-13(18-15(20)8-9-17)10-14(11)19-16(21)12-4-2-3-5-12/h6-7,10,12H,2-5,8H2,1H3,(H,18,20)(H,19,21). The molecule has 2 rings (SSSR count). The first-order chi connectivity index (χ1) is 10.1. The van der Waals surface area contributed by atoms with Crippen LogP contribution in [0.1, 0.15) is 37.7 Å². The second-order valence-electron chi connectivity index (χ2n) is 5.38. The molecule has 1 aliphatic rings. The van der Waals surface area contributed by atoms with Gasteiger partial charge in [0.1, 0.15) is 6.42 Å². The number of benzene rings is 1. The normalized spacial score (nSPS) is 14.5. The SMILES string of the molecule is Cc1ccc(NC(=O)CC#N)cc1NC(=O)C1CCCC1. The van der Waals surface area contributed by atoms with Crippen LogP contribution in [0.3, 0.4) is 0 Å². The summed E-state index contributed by atoms with van der Waals surface area (Å²) in [5, 5.41) is 14.1. The van der Waals surface area contributed by atoms with Crippen LogP contribution in [0, 0.1) is 24.2 Å². The van der Waals surface area contributed by atoms with Crippen molar-refractivity contribution in [3.05, 3.63) is 23.8 Å². The number of hydrogen-bond donors (Lipinski definition) is 2. The Kier molecular flexibility index (Phi) is 4.94. The summed E-state index contributed by atoms with van der Waals surface area (Å²) >= 11 is 0. The van der Waals surface area contributed by atoms with Gasteiger partial charge in [-0.2, -0.15) is 5.26 Å². The topological polar surface area (TPSA) is 82.0 Å². The molecule has 0 heterocycles. The van der Waals surface area contributed by atoms with Crippen molar-refractivity contribution in [2.24, 2.45) is 5.92 Å². The second kappa shape index (κ2) is 6.89. The molecule has 5 nitrogen and oxygen atoms in total. The Balaban J connectivity index is 2.06. The van der Waals surface area contributed by atoms with E-state index in [-0.39, 0.29) is 24.2 Å². The van der Waals surface area contributed by atoms with E-state index in [0.717, 1.165) is 31.2 Å². The molecule has 1 saturated carbocycles. The third kappa shape index (κ3) is 4.06. The fourth-order valence-electron chi connectivity index (χ4n) is 2.53. The maximum Gasteiger partial charge on any atom is 0.238 e. The molecule has 0 atom stereocenters. The van der Waals surface area contributed by atoms with Crippen molar-refractivity contribution in [3.63, 3.8) is 0 Å². The zero-order chi connectivity index (χ0) is 15.2.